The number of hydrogen-bond donors (Lipinski definition) is 0. The highest BCUT2D eigenvalue weighted by atomic mass is 15.1. The maximum absolute atomic E-state index is 2.52. The van der Waals surface area contributed by atoms with Crippen LogP contribution in [0.3, 0.4) is 0 Å². The zero-order valence-corrected chi connectivity index (χ0v) is 46.5. The number of fused-ring (bicyclic) bond motifs is 3. The molecule has 12 aromatic rings. The number of hydrogen-bond acceptors (Lipinski definition) is 1. The van der Waals surface area contributed by atoms with Crippen molar-refractivity contribution in [1.82, 2.24) is 4.57 Å². The van der Waals surface area contributed by atoms with E-state index in [9.17, 15) is 0 Å². The van der Waals surface area contributed by atoms with Crippen LogP contribution in [0.5, 0.6) is 0 Å². The average molecular weight is 987 g/mol. The van der Waals surface area contributed by atoms with E-state index in [1.165, 1.54) is 115 Å². The summed E-state index contributed by atoms with van der Waals surface area (Å²) in [5.41, 5.74) is 19.6. The molecule has 2 heteroatoms. The van der Waals surface area contributed by atoms with Gasteiger partial charge < -0.3 is 9.47 Å². The molecule has 11 aromatic carbocycles. The first-order valence-electron chi connectivity index (χ1n) is 27.3. The highest BCUT2D eigenvalue weighted by Crippen LogP contribution is 2.48. The predicted molar refractivity (Wildman–Crippen MR) is 330 cm³/mol. The van der Waals surface area contributed by atoms with E-state index in [2.05, 4.69) is 299 Å². The van der Waals surface area contributed by atoms with Gasteiger partial charge in [0.1, 0.15) is 0 Å². The van der Waals surface area contributed by atoms with Crippen LogP contribution in [0.15, 0.2) is 206 Å². The molecule has 0 radical (unpaired) electrons. The number of benzene rings is 11. The SMILES string of the molecule is CC(C)(C)c1ccc(-c2ccc(C(C)(C)C)cc2-c2cccc(N(c3cccc(-c4cc(C(C)(C)C)cc(C(C)(C)C)c4)c3)c3ccc4ccc5c(-n6c7ccccc7c7ccccc76)ccc6ccc3c4c65)c2)cc1. The summed E-state index contributed by atoms with van der Waals surface area (Å²) in [6, 6.07) is 78.6. The van der Waals surface area contributed by atoms with Crippen molar-refractivity contribution in [2.75, 3.05) is 4.90 Å². The Balaban J connectivity index is 1.10. The Bertz CT molecular complexity index is 4110. The van der Waals surface area contributed by atoms with Gasteiger partial charge in [0.2, 0.25) is 0 Å². The van der Waals surface area contributed by atoms with Crippen LogP contribution in [-0.2, 0) is 21.7 Å². The van der Waals surface area contributed by atoms with Gasteiger partial charge in [-0.2, -0.15) is 0 Å². The highest BCUT2D eigenvalue weighted by Gasteiger charge is 2.26. The minimum Gasteiger partial charge on any atom is -0.310 e. The Morgan fingerprint density at radius 1 is 0.303 bits per heavy atom. The molecule has 2 nitrogen and oxygen atoms in total. The summed E-state index contributed by atoms with van der Waals surface area (Å²) < 4.78 is 2.47. The minimum atomic E-state index is -0.0340. The van der Waals surface area contributed by atoms with E-state index >= 15 is 0 Å². The summed E-state index contributed by atoms with van der Waals surface area (Å²) in [5, 5.41) is 10.0. The Morgan fingerprint density at radius 2 is 0.803 bits per heavy atom. The van der Waals surface area contributed by atoms with Crippen LogP contribution in [0.4, 0.5) is 17.1 Å². The molecule has 0 saturated heterocycles. The minimum absolute atomic E-state index is 0.0129. The van der Waals surface area contributed by atoms with E-state index in [1.54, 1.807) is 0 Å². The van der Waals surface area contributed by atoms with Gasteiger partial charge in [0.05, 0.1) is 22.4 Å². The van der Waals surface area contributed by atoms with Crippen LogP contribution >= 0.6 is 0 Å². The quantitative estimate of drug-likeness (QED) is 0.145. The standard InChI is InChI=1S/C74H70N2/c1-71(2,3)53-33-27-47(28-34-53)59-38-35-54(72(4,5)6)46-64(59)51-20-18-22-58(44-51)75(57-21-17-19-50(43-57)52-41-55(73(7,8)9)45-56(42-52)74(10,11)12)67-39-31-48-30-37-63-68(40-32-49-29-36-62(67)69(48)70(49)63)76-65-25-15-13-23-60(65)61-24-14-16-26-66(61)76/h13-46H,1-12H3. The first-order chi connectivity index (χ1) is 36.2. The highest BCUT2D eigenvalue weighted by molar-refractivity contribution is 6.27. The molecule has 376 valence electrons. The number of aromatic nitrogens is 1. The summed E-state index contributed by atoms with van der Waals surface area (Å²) in [4.78, 5) is 2.52. The van der Waals surface area contributed by atoms with E-state index in [4.69, 9.17) is 0 Å². The molecule has 0 aliphatic rings. The molecule has 0 aliphatic carbocycles. The largest absolute Gasteiger partial charge is 0.310 e. The molecule has 0 N–H and O–H groups in total. The molecule has 0 amide bonds. The summed E-state index contributed by atoms with van der Waals surface area (Å²) in [7, 11) is 0. The van der Waals surface area contributed by atoms with E-state index in [0.29, 0.717) is 0 Å². The molecule has 0 fully saturated rings. The van der Waals surface area contributed by atoms with Crippen molar-refractivity contribution in [3.8, 4) is 39.1 Å². The third-order valence-electron chi connectivity index (χ3n) is 16.1. The number of nitrogens with zero attached hydrogens (tertiary/aromatic N) is 2. The first-order valence-corrected chi connectivity index (χ1v) is 27.3. The lowest BCUT2D eigenvalue weighted by Crippen LogP contribution is -2.16. The summed E-state index contributed by atoms with van der Waals surface area (Å²) >= 11 is 0. The van der Waals surface area contributed by atoms with Gasteiger partial charge >= 0.3 is 0 Å². The average Bonchev–Trinajstić information content (AvgIpc) is 3.73. The van der Waals surface area contributed by atoms with Crippen molar-refractivity contribution in [2.45, 2.75) is 105 Å². The van der Waals surface area contributed by atoms with Crippen molar-refractivity contribution in [2.24, 2.45) is 0 Å². The Morgan fingerprint density at radius 3 is 1.39 bits per heavy atom. The second kappa shape index (κ2) is 17.8. The second-order valence-electron chi connectivity index (χ2n) is 25.5. The molecule has 0 atom stereocenters. The van der Waals surface area contributed by atoms with Crippen molar-refractivity contribution in [3.05, 3.63) is 229 Å². The zero-order valence-electron chi connectivity index (χ0n) is 46.5. The molecule has 1 heterocycles. The van der Waals surface area contributed by atoms with Crippen LogP contribution in [0.2, 0.25) is 0 Å². The molecular formula is C74H70N2. The van der Waals surface area contributed by atoms with Crippen LogP contribution in [0, 0.1) is 0 Å². The lowest BCUT2D eigenvalue weighted by Gasteiger charge is -2.29. The van der Waals surface area contributed by atoms with E-state index in [0.717, 1.165) is 17.1 Å². The van der Waals surface area contributed by atoms with Gasteiger partial charge in [-0.3, -0.25) is 0 Å². The molecular weight excluding hydrogens is 917 g/mol. The van der Waals surface area contributed by atoms with Crippen LogP contribution in [-0.4, -0.2) is 4.57 Å². The first kappa shape index (κ1) is 49.0. The maximum atomic E-state index is 2.52. The van der Waals surface area contributed by atoms with Gasteiger partial charge in [-0.25, -0.2) is 0 Å². The van der Waals surface area contributed by atoms with Gasteiger partial charge in [0, 0.05) is 32.9 Å². The van der Waals surface area contributed by atoms with E-state index in [1.807, 2.05) is 0 Å². The van der Waals surface area contributed by atoms with Crippen LogP contribution < -0.4 is 4.90 Å². The molecule has 0 saturated carbocycles. The monoisotopic (exact) mass is 987 g/mol. The summed E-state index contributed by atoms with van der Waals surface area (Å²) in [5.74, 6) is 0. The molecule has 12 rings (SSSR count). The van der Waals surface area contributed by atoms with Gasteiger partial charge in [0.25, 0.3) is 0 Å². The lowest BCUT2D eigenvalue weighted by molar-refractivity contribution is 0.569. The smallest absolute Gasteiger partial charge is 0.0541 e. The fourth-order valence-corrected chi connectivity index (χ4v) is 11.7. The molecule has 0 aliphatic heterocycles. The van der Waals surface area contributed by atoms with Crippen molar-refractivity contribution < 1.29 is 0 Å². The van der Waals surface area contributed by atoms with Crippen LogP contribution in [0.1, 0.15) is 105 Å². The fraction of sp³-hybridized carbons (Fsp3) is 0.216. The topological polar surface area (TPSA) is 8.17 Å². The zero-order chi connectivity index (χ0) is 53.1. The van der Waals surface area contributed by atoms with Gasteiger partial charge in [-0.05, 0) is 147 Å². The van der Waals surface area contributed by atoms with Crippen molar-refractivity contribution in [1.29, 1.82) is 0 Å². The molecule has 0 unspecified atom stereocenters. The normalized spacial score (nSPS) is 12.7. The van der Waals surface area contributed by atoms with Crippen molar-refractivity contribution >= 4 is 71.2 Å². The Hall–Kier alpha value is -7.94. The lowest BCUT2D eigenvalue weighted by atomic mass is 9.79. The third kappa shape index (κ3) is 8.53. The van der Waals surface area contributed by atoms with E-state index in [-0.39, 0.29) is 21.7 Å². The molecule has 1 aromatic heterocycles. The predicted octanol–water partition coefficient (Wildman–Crippen LogP) is 21.3. The number of rotatable bonds is 7. The third-order valence-corrected chi connectivity index (χ3v) is 16.1. The van der Waals surface area contributed by atoms with E-state index < -0.39 is 0 Å². The summed E-state index contributed by atoms with van der Waals surface area (Å²) in [6.07, 6.45) is 0. The fourth-order valence-electron chi connectivity index (χ4n) is 11.7. The van der Waals surface area contributed by atoms with Crippen LogP contribution in [0.25, 0.3) is 93.2 Å². The van der Waals surface area contributed by atoms with Gasteiger partial charge in [-0.1, -0.05) is 241 Å². The van der Waals surface area contributed by atoms with Gasteiger partial charge in [-0.15, -0.1) is 0 Å². The number of para-hydroxylation sites is 2. The molecule has 0 bridgehead atoms. The summed E-state index contributed by atoms with van der Waals surface area (Å²) in [6.45, 7) is 27.8. The second-order valence-corrected chi connectivity index (χ2v) is 25.5. The Labute approximate surface area is 450 Å². The Kier molecular flexibility index (Phi) is 11.5. The maximum Gasteiger partial charge on any atom is 0.0541 e. The molecule has 0 spiro atoms. The number of anilines is 3. The van der Waals surface area contributed by atoms with Crippen molar-refractivity contribution in [3.63, 3.8) is 0 Å². The molecule has 76 heavy (non-hydrogen) atoms. The van der Waals surface area contributed by atoms with Gasteiger partial charge in [0.15, 0.2) is 0 Å².